The van der Waals surface area contributed by atoms with Gasteiger partial charge in [0, 0.05) is 34.1 Å². The van der Waals surface area contributed by atoms with Gasteiger partial charge in [-0.2, -0.15) is 0 Å². The van der Waals surface area contributed by atoms with E-state index >= 15 is 0 Å². The molecule has 6 saturated heterocycles. The Bertz CT molecular complexity index is 2820. The summed E-state index contributed by atoms with van der Waals surface area (Å²) in [6.45, 7) is -0.873. The van der Waals surface area contributed by atoms with Gasteiger partial charge < -0.3 is 164 Å². The molecule has 40 nitrogen and oxygen atoms in total. The van der Waals surface area contributed by atoms with E-state index in [-0.39, 0.29) is 65.7 Å². The van der Waals surface area contributed by atoms with Crippen LogP contribution in [-0.2, 0) is 102 Å². The molecule has 6 aliphatic rings. The van der Waals surface area contributed by atoms with Crippen molar-refractivity contribution in [2.24, 2.45) is 0 Å². The number of aliphatic hydroxyl groups excluding tert-OH is 14. The Labute approximate surface area is 597 Å². The Hall–Kier alpha value is -2.60. The van der Waals surface area contributed by atoms with Crippen LogP contribution in [0.3, 0.4) is 0 Å². The average molecular weight is 1440 g/mol. The molecule has 0 aliphatic carbocycles. The molecule has 0 bridgehead atoms. The maximum Gasteiger partial charge on any atom is 1.00 e. The molecule has 43 heteroatoms. The number of hydrogen-bond acceptors (Lipinski definition) is 36. The Balaban J connectivity index is 0.00000850. The molecular weight excluding hydrogens is 1360 g/mol. The Morgan fingerprint density at radius 1 is 0.567 bits per heavy atom. The third-order valence-electron chi connectivity index (χ3n) is 16.4. The predicted molar refractivity (Wildman–Crippen MR) is 296 cm³/mol. The smallest absolute Gasteiger partial charge is 0.726 e. The van der Waals surface area contributed by atoms with Crippen LogP contribution in [0.2, 0.25) is 0 Å². The largest absolute Gasteiger partial charge is 1.00 e. The molecule has 0 saturated carbocycles. The van der Waals surface area contributed by atoms with Crippen LogP contribution in [0.5, 0.6) is 0 Å². The van der Waals surface area contributed by atoms with E-state index in [4.69, 9.17) is 56.8 Å². The summed E-state index contributed by atoms with van der Waals surface area (Å²) < 4.78 is 112. The summed E-state index contributed by atoms with van der Waals surface area (Å²) in [4.78, 5) is 64.4. The van der Waals surface area contributed by atoms with Gasteiger partial charge in [0.05, 0.1) is 57.9 Å². The van der Waals surface area contributed by atoms with E-state index in [2.05, 4.69) is 25.5 Å². The van der Waals surface area contributed by atoms with Crippen LogP contribution in [0.15, 0.2) is 30.3 Å². The van der Waals surface area contributed by atoms with Crippen LogP contribution >= 0.6 is 0 Å². The van der Waals surface area contributed by atoms with E-state index in [9.17, 15) is 114 Å². The molecule has 542 valence electrons. The zero-order chi connectivity index (χ0) is 70.3. The first-order valence-corrected chi connectivity index (χ1v) is 31.1. The van der Waals surface area contributed by atoms with Gasteiger partial charge >= 0.3 is 59.1 Å². The number of aliphatic carboxylic acids is 1. The van der Waals surface area contributed by atoms with Gasteiger partial charge in [0.25, 0.3) is 0 Å². The molecule has 6 aliphatic heterocycles. The number of carboxylic acid groups (broad SMARTS) is 1. The number of carboxylic acids is 1. The van der Waals surface area contributed by atoms with Crippen LogP contribution in [0, 0.1) is 0 Å². The van der Waals surface area contributed by atoms with Gasteiger partial charge in [0.1, 0.15) is 140 Å². The van der Waals surface area contributed by atoms with Crippen molar-refractivity contribution < 1.29 is 234 Å². The quantitative estimate of drug-likeness (QED) is 0.0221. The first-order chi connectivity index (χ1) is 44.6. The third-order valence-corrected chi connectivity index (χ3v) is 16.8. The summed E-state index contributed by atoms with van der Waals surface area (Å²) in [6, 6.07) is 1.02. The van der Waals surface area contributed by atoms with Gasteiger partial charge in [-0.25, -0.2) is 8.42 Å². The molecule has 6 heterocycles. The number of carbonyl (C=O) groups is 5. The zero-order valence-electron chi connectivity index (χ0n) is 53.3. The van der Waals surface area contributed by atoms with Crippen LogP contribution in [0.1, 0.15) is 46.6 Å². The summed E-state index contributed by atoms with van der Waals surface area (Å²) >= 11 is 0. The maximum atomic E-state index is 13.3. The van der Waals surface area contributed by atoms with E-state index in [1.54, 1.807) is 30.3 Å². The first-order valence-electron chi connectivity index (χ1n) is 29.7. The van der Waals surface area contributed by atoms with Crippen LogP contribution in [0.4, 0.5) is 0 Å². The Morgan fingerprint density at radius 2 is 1.06 bits per heavy atom. The molecule has 7 rings (SSSR count). The van der Waals surface area contributed by atoms with Crippen molar-refractivity contribution in [2.45, 2.75) is 237 Å². The average Bonchev–Trinajstić information content (AvgIpc) is 0.763. The number of aliphatic hydroxyl groups is 14. The standard InChI is InChI=1S/C54H84N4O36S.2Na/c1-18-34(68)40(74)41(75)51(85-18)92-46-33(58-22(5)65)49(87-27(14-61)43(46)90-50-31(56-20(3)63)39(73)36(70)26(13-60)86-50)83-16-28-37(71)44(32(57-21(4)64)48(88-28)82-15-23-9-7-6-8-10-23)91-52-42(76)47(38(72)29(89-52)17-84-95(79,80)81)94-54(53(77)78)11-24(66)30(55-19(2)62)45(93-54)35(69)25(67)12-59;;/h6-10,18,24-52,59-61,66-76H,11-17H2,1-5H3,(H,55,62)(H,56,63)(H,57,64)(H,58,65)(H,77,78)(H,79,80,81);;/q;2*+1/p-2/t18-,24-,25+,26+,27+,28+,29+,30-,31+,32+,33+,34+,35+,36-,37-,38-,39+,40+,41-,42+,43+,44+,45+,46+,47-,48-,49+,50-,51-,52-,54-;;/m0../s1. The number of benzene rings is 1. The zero-order valence-corrected chi connectivity index (χ0v) is 58.1. The fourth-order valence-corrected chi connectivity index (χ4v) is 12.0. The van der Waals surface area contributed by atoms with Gasteiger partial charge in [0.2, 0.25) is 39.8 Å². The van der Waals surface area contributed by atoms with Crippen LogP contribution < -0.4 is 85.5 Å². The maximum absolute atomic E-state index is 13.3. The fourth-order valence-electron chi connectivity index (χ4n) is 11.7. The van der Waals surface area contributed by atoms with Gasteiger partial charge in [-0.3, -0.25) is 23.4 Å². The molecule has 97 heavy (non-hydrogen) atoms. The second kappa shape index (κ2) is 37.2. The molecular formula is C54H82N4Na2O36S. The number of amides is 4. The van der Waals surface area contributed by atoms with Crippen molar-refractivity contribution in [3.8, 4) is 0 Å². The summed E-state index contributed by atoms with van der Waals surface area (Å²) in [6.07, 6.45) is -54.8. The van der Waals surface area contributed by atoms with Crippen molar-refractivity contribution in [2.75, 3.05) is 33.0 Å². The molecule has 0 aromatic heterocycles. The number of hydrogen-bond donors (Lipinski definition) is 18. The monoisotopic (exact) mass is 1440 g/mol. The van der Waals surface area contributed by atoms with E-state index in [0.717, 1.165) is 27.7 Å². The van der Waals surface area contributed by atoms with Crippen molar-refractivity contribution in [1.82, 2.24) is 21.3 Å². The van der Waals surface area contributed by atoms with Crippen molar-refractivity contribution in [3.63, 3.8) is 0 Å². The molecule has 6 fully saturated rings. The molecule has 1 aromatic carbocycles. The number of rotatable bonds is 27. The van der Waals surface area contributed by atoms with E-state index in [1.807, 2.05) is 0 Å². The Kier molecular flexibility index (Phi) is 32.6. The van der Waals surface area contributed by atoms with Crippen LogP contribution in [0.25, 0.3) is 0 Å². The van der Waals surface area contributed by atoms with E-state index < -0.39 is 269 Å². The SMILES string of the molecule is CC(=O)N[C@@H]1[C@H]([C@H](O)[C@H](O)CO)O[C@@](O[C@H]2[C@@H](O)[C@@H](COS(=O)(=O)[O-])O[C@@H](O[C@H]3[C@@H](O)[C@@H](CO[C@@H]4O[C@H](CO)[C@@H](O[C@@H]5O[C@H](CO)[C@H](O)[C@H](O)[C@H]5NC(C)=O)[C@H](O[C@@H]5O[C@@H](C)[C@@H](O)[C@@H](O)[C@@H]5O)[C@H]4NC(C)=O)O[C@H](OCc4ccccc4)[C@@H]3NC(C)=O)[C@@H]2O)(C(=O)[O-])C[C@@H]1O.[Na+].[Na+]. The van der Waals surface area contributed by atoms with Gasteiger partial charge in [-0.05, 0) is 12.5 Å². The molecule has 0 radical (unpaired) electrons. The molecule has 0 spiro atoms. The van der Waals surface area contributed by atoms with Crippen molar-refractivity contribution >= 4 is 40.0 Å². The van der Waals surface area contributed by atoms with Crippen LogP contribution in [-0.4, -0.2) is 337 Å². The third kappa shape index (κ3) is 21.1. The van der Waals surface area contributed by atoms with E-state index in [0.29, 0.717) is 5.56 Å². The summed E-state index contributed by atoms with van der Waals surface area (Å²) in [7, 11) is -5.71. The Morgan fingerprint density at radius 3 is 1.63 bits per heavy atom. The number of nitrogens with one attached hydrogen (secondary N) is 4. The summed E-state index contributed by atoms with van der Waals surface area (Å²) in [5.41, 5.74) is 0.459. The predicted octanol–water partition coefficient (Wildman–Crippen LogP) is -18.9. The second-order valence-electron chi connectivity index (χ2n) is 23.4. The molecule has 1 aromatic rings. The number of carbonyl (C=O) groups excluding carboxylic acids is 5. The van der Waals surface area contributed by atoms with E-state index in [1.165, 1.54) is 6.92 Å². The minimum atomic E-state index is -5.71. The van der Waals surface area contributed by atoms with Gasteiger partial charge in [-0.1, -0.05) is 30.3 Å². The topological polar surface area (TPSA) is 617 Å². The molecule has 18 N–H and O–H groups in total. The molecule has 4 amide bonds. The normalized spacial score (nSPS) is 40.7. The summed E-state index contributed by atoms with van der Waals surface area (Å²) in [5, 5.41) is 178. The first kappa shape index (κ1) is 85.1. The summed E-state index contributed by atoms with van der Waals surface area (Å²) in [5.74, 6) is -9.42. The van der Waals surface area contributed by atoms with Crippen molar-refractivity contribution in [1.29, 1.82) is 0 Å². The molecule has 0 unspecified atom stereocenters. The van der Waals surface area contributed by atoms with Crippen molar-refractivity contribution in [3.05, 3.63) is 35.9 Å². The fraction of sp³-hybridized carbons (Fsp3) is 0.796. The number of ether oxygens (including phenoxy) is 12. The molecule has 31 atom stereocenters. The minimum absolute atomic E-state index is 0. The van der Waals surface area contributed by atoms with Gasteiger partial charge in [-0.15, -0.1) is 0 Å². The minimum Gasteiger partial charge on any atom is -0.726 e. The second-order valence-corrected chi connectivity index (χ2v) is 24.5. The van der Waals surface area contributed by atoms with Gasteiger partial charge in [0.15, 0.2) is 31.5 Å².